The van der Waals surface area contributed by atoms with Gasteiger partial charge in [-0.3, -0.25) is 4.72 Å². The summed E-state index contributed by atoms with van der Waals surface area (Å²) >= 11 is 6.18. The zero-order valence-corrected chi connectivity index (χ0v) is 16.1. The number of hydrogen-bond donors (Lipinski definition) is 2. The normalized spacial score (nSPS) is 13.9. The van der Waals surface area contributed by atoms with Crippen molar-refractivity contribution in [1.29, 1.82) is 0 Å². The lowest BCUT2D eigenvalue weighted by atomic mass is 9.98. The molecule has 6 nitrogen and oxygen atoms in total. The Kier molecular flexibility index (Phi) is 5.11. The molecule has 0 aliphatic carbocycles. The quantitative estimate of drug-likeness (QED) is 0.836. The molecule has 26 heavy (non-hydrogen) atoms. The second-order valence-corrected chi connectivity index (χ2v) is 8.56. The van der Waals surface area contributed by atoms with Crippen LogP contribution in [0.3, 0.4) is 0 Å². The summed E-state index contributed by atoms with van der Waals surface area (Å²) in [5, 5.41) is 3.33. The van der Waals surface area contributed by atoms with Gasteiger partial charge < -0.3 is 10.2 Å². The first-order valence-corrected chi connectivity index (χ1v) is 10.4. The largest absolute Gasteiger partial charge is 0.322 e. The number of halogens is 1. The Morgan fingerprint density at radius 3 is 2.65 bits per heavy atom. The first kappa shape index (κ1) is 18.5. The molecule has 1 aliphatic rings. The summed E-state index contributed by atoms with van der Waals surface area (Å²) in [5.41, 5.74) is 4.02. The summed E-state index contributed by atoms with van der Waals surface area (Å²) in [7, 11) is -3.35. The van der Waals surface area contributed by atoms with Gasteiger partial charge in [-0.05, 0) is 48.2 Å². The number of benzene rings is 2. The molecule has 1 aliphatic heterocycles. The van der Waals surface area contributed by atoms with Crippen LogP contribution < -0.4 is 10.0 Å². The summed E-state index contributed by atoms with van der Waals surface area (Å²) < 4.78 is 25.6. The molecule has 0 aromatic heterocycles. The monoisotopic (exact) mass is 393 g/mol. The molecule has 0 saturated carbocycles. The molecule has 0 spiro atoms. The lowest BCUT2D eigenvalue weighted by Gasteiger charge is -2.30. The van der Waals surface area contributed by atoms with Gasteiger partial charge in [0.1, 0.15) is 0 Å². The van der Waals surface area contributed by atoms with E-state index in [0.717, 1.165) is 22.9 Å². The molecule has 8 heteroatoms. The Bertz CT molecular complexity index is 960. The first-order chi connectivity index (χ1) is 12.2. The molecule has 1 heterocycles. The van der Waals surface area contributed by atoms with E-state index in [2.05, 4.69) is 10.0 Å². The number of nitrogens with zero attached hydrogens (tertiary/aromatic N) is 1. The number of anilines is 2. The number of carbonyl (C=O) groups excluding carboxylic acids is 1. The molecule has 0 bridgehead atoms. The smallest absolute Gasteiger partial charge is 0.320 e. The van der Waals surface area contributed by atoms with E-state index in [0.29, 0.717) is 35.9 Å². The number of urea groups is 1. The number of rotatable bonds is 3. The van der Waals surface area contributed by atoms with Gasteiger partial charge in [0, 0.05) is 13.1 Å². The van der Waals surface area contributed by atoms with Crippen molar-refractivity contribution in [2.45, 2.75) is 19.9 Å². The Labute approximate surface area is 158 Å². The number of sulfonamides is 1. The van der Waals surface area contributed by atoms with Crippen molar-refractivity contribution in [3.63, 3.8) is 0 Å². The van der Waals surface area contributed by atoms with E-state index in [1.165, 1.54) is 0 Å². The van der Waals surface area contributed by atoms with Crippen molar-refractivity contribution in [2.24, 2.45) is 0 Å². The van der Waals surface area contributed by atoms with Crippen LogP contribution in [0.25, 0.3) is 0 Å². The van der Waals surface area contributed by atoms with Gasteiger partial charge in [-0.15, -0.1) is 0 Å². The predicted molar refractivity (Wildman–Crippen MR) is 104 cm³/mol. The van der Waals surface area contributed by atoms with Gasteiger partial charge in [0.05, 0.1) is 22.7 Å². The standard InChI is InChI=1S/C18H20ClN3O3S/c1-12-6-7-17(15(19)10-12)20-18(23)22-9-8-14-13(11-22)4-3-5-16(14)21-26(2,24)25/h3-7,10,21H,8-9,11H2,1-2H3,(H,20,23). The molecule has 0 atom stereocenters. The third-order valence-corrected chi connectivity index (χ3v) is 5.12. The molecular formula is C18H20ClN3O3S. The van der Waals surface area contributed by atoms with Gasteiger partial charge in [-0.25, -0.2) is 13.2 Å². The van der Waals surface area contributed by atoms with Crippen molar-refractivity contribution < 1.29 is 13.2 Å². The summed E-state index contributed by atoms with van der Waals surface area (Å²) in [6.07, 6.45) is 1.70. The molecule has 138 valence electrons. The van der Waals surface area contributed by atoms with Crippen molar-refractivity contribution in [3.05, 3.63) is 58.1 Å². The zero-order valence-electron chi connectivity index (χ0n) is 14.5. The average molecular weight is 394 g/mol. The number of fused-ring (bicyclic) bond motifs is 1. The van der Waals surface area contributed by atoms with Crippen LogP contribution in [-0.4, -0.2) is 32.1 Å². The molecular weight excluding hydrogens is 374 g/mol. The van der Waals surface area contributed by atoms with E-state index in [1.54, 1.807) is 29.2 Å². The minimum Gasteiger partial charge on any atom is -0.320 e. The van der Waals surface area contributed by atoms with Gasteiger partial charge in [-0.2, -0.15) is 0 Å². The summed E-state index contributed by atoms with van der Waals surface area (Å²) in [6, 6.07) is 10.7. The number of aryl methyl sites for hydroxylation is 1. The summed E-state index contributed by atoms with van der Waals surface area (Å²) in [6.45, 7) is 2.83. The molecule has 2 amide bonds. The van der Waals surface area contributed by atoms with Crippen LogP contribution in [0.2, 0.25) is 5.02 Å². The molecule has 3 rings (SSSR count). The maximum Gasteiger partial charge on any atom is 0.322 e. The molecule has 2 aromatic rings. The van der Waals surface area contributed by atoms with E-state index < -0.39 is 10.0 Å². The maximum absolute atomic E-state index is 12.6. The SMILES string of the molecule is Cc1ccc(NC(=O)N2CCc3c(cccc3NS(C)(=O)=O)C2)c(Cl)c1. The van der Waals surface area contributed by atoms with Crippen molar-refractivity contribution in [3.8, 4) is 0 Å². The van der Waals surface area contributed by atoms with Gasteiger partial charge in [0.2, 0.25) is 10.0 Å². The third-order valence-electron chi connectivity index (χ3n) is 4.21. The zero-order chi connectivity index (χ0) is 18.9. The van der Waals surface area contributed by atoms with Crippen molar-refractivity contribution >= 4 is 39.0 Å². The lowest BCUT2D eigenvalue weighted by molar-refractivity contribution is 0.206. The fourth-order valence-electron chi connectivity index (χ4n) is 2.99. The first-order valence-electron chi connectivity index (χ1n) is 8.13. The van der Waals surface area contributed by atoms with Gasteiger partial charge in [-0.1, -0.05) is 29.8 Å². The maximum atomic E-state index is 12.6. The Balaban J connectivity index is 1.76. The summed E-state index contributed by atoms with van der Waals surface area (Å²) in [4.78, 5) is 14.3. The lowest BCUT2D eigenvalue weighted by Crippen LogP contribution is -2.39. The highest BCUT2D eigenvalue weighted by molar-refractivity contribution is 7.92. The van der Waals surface area contributed by atoms with Gasteiger partial charge in [0.25, 0.3) is 0 Å². The van der Waals surface area contributed by atoms with E-state index in [-0.39, 0.29) is 6.03 Å². The van der Waals surface area contributed by atoms with Crippen LogP contribution in [0.1, 0.15) is 16.7 Å². The number of hydrogen-bond acceptors (Lipinski definition) is 3. The van der Waals surface area contributed by atoms with Crippen molar-refractivity contribution in [2.75, 3.05) is 22.8 Å². The molecule has 0 unspecified atom stereocenters. The number of carbonyl (C=O) groups is 1. The highest BCUT2D eigenvalue weighted by Gasteiger charge is 2.23. The molecule has 2 N–H and O–H groups in total. The van der Waals surface area contributed by atoms with Crippen LogP contribution in [-0.2, 0) is 23.0 Å². The Morgan fingerprint density at radius 2 is 1.96 bits per heavy atom. The second-order valence-electron chi connectivity index (χ2n) is 6.40. The van der Waals surface area contributed by atoms with Crippen LogP contribution in [0.4, 0.5) is 16.2 Å². The van der Waals surface area contributed by atoms with Gasteiger partial charge >= 0.3 is 6.03 Å². The van der Waals surface area contributed by atoms with Crippen LogP contribution in [0.5, 0.6) is 0 Å². The highest BCUT2D eigenvalue weighted by atomic mass is 35.5. The number of nitrogens with one attached hydrogen (secondary N) is 2. The second kappa shape index (κ2) is 7.17. The summed E-state index contributed by atoms with van der Waals surface area (Å²) in [5.74, 6) is 0. The molecule has 0 fully saturated rings. The van der Waals surface area contributed by atoms with Crippen LogP contribution >= 0.6 is 11.6 Å². The molecule has 0 saturated heterocycles. The predicted octanol–water partition coefficient (Wildman–Crippen LogP) is 3.61. The highest BCUT2D eigenvalue weighted by Crippen LogP contribution is 2.28. The van der Waals surface area contributed by atoms with Crippen LogP contribution in [0, 0.1) is 6.92 Å². The van der Waals surface area contributed by atoms with E-state index in [9.17, 15) is 13.2 Å². The minimum absolute atomic E-state index is 0.233. The number of amides is 2. The van der Waals surface area contributed by atoms with E-state index in [4.69, 9.17) is 11.6 Å². The Morgan fingerprint density at radius 1 is 1.19 bits per heavy atom. The third kappa shape index (κ3) is 4.28. The average Bonchev–Trinajstić information content (AvgIpc) is 2.56. The molecule has 2 aromatic carbocycles. The minimum atomic E-state index is -3.35. The topological polar surface area (TPSA) is 78.5 Å². The van der Waals surface area contributed by atoms with E-state index >= 15 is 0 Å². The Hall–Kier alpha value is -2.25. The van der Waals surface area contributed by atoms with E-state index in [1.807, 2.05) is 19.1 Å². The fourth-order valence-corrected chi connectivity index (χ4v) is 3.87. The molecule has 0 radical (unpaired) electrons. The van der Waals surface area contributed by atoms with Crippen LogP contribution in [0.15, 0.2) is 36.4 Å². The van der Waals surface area contributed by atoms with Gasteiger partial charge in [0.15, 0.2) is 0 Å². The fraction of sp³-hybridized carbons (Fsp3) is 0.278. The van der Waals surface area contributed by atoms with Crippen molar-refractivity contribution in [1.82, 2.24) is 4.90 Å².